The van der Waals surface area contributed by atoms with E-state index >= 15 is 0 Å². The van der Waals surface area contributed by atoms with Gasteiger partial charge in [-0.1, -0.05) is 59.0 Å². The third-order valence-electron chi connectivity index (χ3n) is 5.15. The van der Waals surface area contributed by atoms with Gasteiger partial charge in [-0.3, -0.25) is 14.7 Å². The minimum atomic E-state index is -0.270. The molecule has 3 heterocycles. The van der Waals surface area contributed by atoms with Crippen molar-refractivity contribution >= 4 is 32.6 Å². The van der Waals surface area contributed by atoms with Gasteiger partial charge < -0.3 is 4.52 Å². The zero-order valence-corrected chi connectivity index (χ0v) is 18.5. The highest BCUT2D eigenvalue weighted by Gasteiger charge is 2.25. The van der Waals surface area contributed by atoms with Crippen molar-refractivity contribution in [3.05, 3.63) is 95.4 Å². The Bertz CT molecular complexity index is 1390. The van der Waals surface area contributed by atoms with Crippen LogP contribution in [0.4, 0.5) is 5.13 Å². The number of carbonyl (C=O) groups is 1. The highest BCUT2D eigenvalue weighted by molar-refractivity contribution is 7.22. The van der Waals surface area contributed by atoms with Crippen molar-refractivity contribution in [1.82, 2.24) is 15.1 Å². The third kappa shape index (κ3) is 3.90. The Kier molecular flexibility index (Phi) is 5.25. The van der Waals surface area contributed by atoms with Crippen molar-refractivity contribution in [2.45, 2.75) is 20.4 Å². The van der Waals surface area contributed by atoms with Crippen LogP contribution in [0.15, 0.2) is 77.6 Å². The number of carbonyl (C=O) groups excluding carboxylic acids is 1. The van der Waals surface area contributed by atoms with Crippen LogP contribution in [0, 0.1) is 13.8 Å². The maximum Gasteiger partial charge on any atom is 0.282 e. The molecule has 5 aromatic rings. The Labute approximate surface area is 189 Å². The molecule has 6 nitrogen and oxygen atoms in total. The van der Waals surface area contributed by atoms with Crippen molar-refractivity contribution in [3.63, 3.8) is 0 Å². The van der Waals surface area contributed by atoms with Crippen LogP contribution < -0.4 is 4.90 Å². The lowest BCUT2D eigenvalue weighted by atomic mass is 10.1. The molecule has 32 heavy (non-hydrogen) atoms. The lowest BCUT2D eigenvalue weighted by Gasteiger charge is -2.18. The number of anilines is 1. The predicted octanol–water partition coefficient (Wildman–Crippen LogP) is 5.81. The summed E-state index contributed by atoms with van der Waals surface area (Å²) >= 11 is 1.49. The molecular formula is C25H20N4O2S. The van der Waals surface area contributed by atoms with E-state index in [0.717, 1.165) is 26.9 Å². The average Bonchev–Trinajstić information content (AvgIpc) is 3.46. The summed E-state index contributed by atoms with van der Waals surface area (Å²) in [5.41, 5.74) is 5.16. The van der Waals surface area contributed by atoms with Crippen LogP contribution in [0.3, 0.4) is 0 Å². The normalized spacial score (nSPS) is 11.1. The molecule has 158 valence electrons. The summed E-state index contributed by atoms with van der Waals surface area (Å²) in [5.74, 6) is 0.277. The third-order valence-corrected chi connectivity index (χ3v) is 6.17. The number of thiazole rings is 1. The maximum absolute atomic E-state index is 13.6. The van der Waals surface area contributed by atoms with Gasteiger partial charge in [0.05, 0.1) is 16.8 Å². The lowest BCUT2D eigenvalue weighted by Crippen LogP contribution is -2.30. The number of amides is 1. The van der Waals surface area contributed by atoms with Gasteiger partial charge in [0.25, 0.3) is 5.91 Å². The van der Waals surface area contributed by atoms with E-state index in [-0.39, 0.29) is 11.6 Å². The monoisotopic (exact) mass is 440 g/mol. The number of benzene rings is 2. The fraction of sp³-hybridized carbons (Fsp3) is 0.120. The van der Waals surface area contributed by atoms with Crippen molar-refractivity contribution in [2.24, 2.45) is 0 Å². The summed E-state index contributed by atoms with van der Waals surface area (Å²) in [6.07, 6.45) is 3.46. The topological polar surface area (TPSA) is 72.1 Å². The van der Waals surface area contributed by atoms with Gasteiger partial charge in [-0.2, -0.15) is 0 Å². The van der Waals surface area contributed by atoms with E-state index in [0.29, 0.717) is 17.4 Å². The Morgan fingerprint density at radius 1 is 1.06 bits per heavy atom. The summed E-state index contributed by atoms with van der Waals surface area (Å²) in [6.45, 7) is 4.43. The highest BCUT2D eigenvalue weighted by Crippen LogP contribution is 2.33. The standard InChI is InChI=1S/C25H20N4O2S/c1-16-11-17(2)23-22(12-16)32-25(27-23)29(15-18-7-6-10-26-14-18)24(30)20-13-21(31-28-20)19-8-4-3-5-9-19/h3-14H,15H2,1-2H3. The molecule has 0 radical (unpaired) electrons. The number of fused-ring (bicyclic) bond motifs is 1. The molecular weight excluding hydrogens is 420 g/mol. The number of pyridine rings is 1. The van der Waals surface area contributed by atoms with Gasteiger partial charge >= 0.3 is 0 Å². The lowest BCUT2D eigenvalue weighted by molar-refractivity contribution is 0.0976. The molecule has 2 aromatic carbocycles. The largest absolute Gasteiger partial charge is 0.355 e. The van der Waals surface area contributed by atoms with Crippen molar-refractivity contribution < 1.29 is 9.32 Å². The molecule has 0 bridgehead atoms. The van der Waals surface area contributed by atoms with Gasteiger partial charge in [-0.15, -0.1) is 0 Å². The molecule has 0 unspecified atom stereocenters. The zero-order chi connectivity index (χ0) is 22.1. The number of nitrogens with zero attached hydrogens (tertiary/aromatic N) is 4. The van der Waals surface area contributed by atoms with Crippen LogP contribution in [0.5, 0.6) is 0 Å². The summed E-state index contributed by atoms with van der Waals surface area (Å²) in [5, 5.41) is 4.68. The van der Waals surface area contributed by atoms with Gasteiger partial charge in [0, 0.05) is 24.0 Å². The molecule has 0 spiro atoms. The fourth-order valence-electron chi connectivity index (χ4n) is 3.63. The first-order chi connectivity index (χ1) is 15.6. The van der Waals surface area contributed by atoms with Gasteiger partial charge in [0.1, 0.15) is 0 Å². The van der Waals surface area contributed by atoms with E-state index in [1.807, 2.05) is 49.4 Å². The smallest absolute Gasteiger partial charge is 0.282 e. The Balaban J connectivity index is 1.55. The Hall–Kier alpha value is -3.84. The van der Waals surface area contributed by atoms with E-state index in [2.05, 4.69) is 29.2 Å². The molecule has 0 N–H and O–H groups in total. The highest BCUT2D eigenvalue weighted by atomic mass is 32.1. The quantitative estimate of drug-likeness (QED) is 0.345. The van der Waals surface area contributed by atoms with E-state index in [9.17, 15) is 4.79 Å². The summed E-state index contributed by atoms with van der Waals surface area (Å²) < 4.78 is 6.52. The van der Waals surface area contributed by atoms with Crippen LogP contribution >= 0.6 is 11.3 Å². The first-order valence-electron chi connectivity index (χ1n) is 10.2. The molecule has 1 amide bonds. The molecule has 0 saturated heterocycles. The van der Waals surface area contributed by atoms with E-state index in [1.54, 1.807) is 23.4 Å². The van der Waals surface area contributed by atoms with E-state index < -0.39 is 0 Å². The number of hydrogen-bond donors (Lipinski definition) is 0. The van der Waals surface area contributed by atoms with Crippen LogP contribution in [-0.2, 0) is 6.54 Å². The van der Waals surface area contributed by atoms with Crippen molar-refractivity contribution in [3.8, 4) is 11.3 Å². The first-order valence-corrected chi connectivity index (χ1v) is 11.0. The van der Waals surface area contributed by atoms with Gasteiger partial charge in [-0.05, 0) is 42.7 Å². The van der Waals surface area contributed by atoms with Crippen LogP contribution in [0.25, 0.3) is 21.5 Å². The van der Waals surface area contributed by atoms with Crippen molar-refractivity contribution in [2.75, 3.05) is 4.90 Å². The zero-order valence-electron chi connectivity index (χ0n) is 17.6. The molecule has 0 fully saturated rings. The number of aryl methyl sites for hydroxylation is 2. The first kappa shape index (κ1) is 20.1. The molecule has 0 atom stereocenters. The van der Waals surface area contributed by atoms with Crippen LogP contribution in [-0.4, -0.2) is 21.0 Å². The minimum Gasteiger partial charge on any atom is -0.355 e. The molecule has 7 heteroatoms. The van der Waals surface area contributed by atoms with Crippen LogP contribution in [0.2, 0.25) is 0 Å². The summed E-state index contributed by atoms with van der Waals surface area (Å²) in [7, 11) is 0. The predicted molar refractivity (Wildman–Crippen MR) is 126 cm³/mol. The summed E-state index contributed by atoms with van der Waals surface area (Å²) in [4.78, 5) is 24.2. The second kappa shape index (κ2) is 8.36. The van der Waals surface area contributed by atoms with Gasteiger partial charge in [0.2, 0.25) is 0 Å². The van der Waals surface area contributed by atoms with Gasteiger partial charge in [-0.25, -0.2) is 4.98 Å². The second-order valence-electron chi connectivity index (χ2n) is 7.62. The number of aromatic nitrogens is 3. The van der Waals surface area contributed by atoms with Crippen LogP contribution in [0.1, 0.15) is 27.2 Å². The van der Waals surface area contributed by atoms with Gasteiger partial charge in [0.15, 0.2) is 16.6 Å². The van der Waals surface area contributed by atoms with Crippen molar-refractivity contribution in [1.29, 1.82) is 0 Å². The summed E-state index contributed by atoms with van der Waals surface area (Å²) in [6, 6.07) is 19.3. The van der Waals surface area contributed by atoms with E-state index in [4.69, 9.17) is 9.51 Å². The molecule has 0 aliphatic carbocycles. The molecule has 5 rings (SSSR count). The Morgan fingerprint density at radius 2 is 1.91 bits per heavy atom. The number of rotatable bonds is 5. The Morgan fingerprint density at radius 3 is 2.69 bits per heavy atom. The molecule has 0 aliphatic rings. The SMILES string of the molecule is Cc1cc(C)c2nc(N(Cc3cccnc3)C(=O)c3cc(-c4ccccc4)on3)sc2c1. The molecule has 3 aromatic heterocycles. The molecule has 0 saturated carbocycles. The van der Waals surface area contributed by atoms with E-state index in [1.165, 1.54) is 16.9 Å². The fourth-order valence-corrected chi connectivity index (χ4v) is 4.77. The minimum absolute atomic E-state index is 0.236. The average molecular weight is 441 g/mol. The number of hydrogen-bond acceptors (Lipinski definition) is 6. The maximum atomic E-state index is 13.6. The second-order valence-corrected chi connectivity index (χ2v) is 8.63. The molecule has 0 aliphatic heterocycles.